The molecule has 0 amide bonds. The lowest BCUT2D eigenvalue weighted by atomic mass is 10.0. The second kappa shape index (κ2) is 11.8. The van der Waals surface area contributed by atoms with Gasteiger partial charge in [0.15, 0.2) is 0 Å². The van der Waals surface area contributed by atoms with E-state index in [0.29, 0.717) is 13.2 Å². The third kappa shape index (κ3) is 5.91. The van der Waals surface area contributed by atoms with Crippen LogP contribution in [0.3, 0.4) is 0 Å². The first-order valence-corrected chi connectivity index (χ1v) is 12.4. The van der Waals surface area contributed by atoms with Crippen LogP contribution in [0.4, 0.5) is 17.1 Å². The van der Waals surface area contributed by atoms with Gasteiger partial charge in [0.1, 0.15) is 19.0 Å². The molecule has 5 rings (SSSR count). The molecule has 0 saturated carbocycles. The molecule has 0 unspecified atom stereocenters. The fourth-order valence-electron chi connectivity index (χ4n) is 4.30. The topological polar surface area (TPSA) is 21.7 Å². The standard InChI is InChI=1S/C34H29NO2/c1-2-36-25-26-37-34-23-21-33(22-24-34)35(31-17-13-29(14-18-31)27-9-5-3-6-10-27)32-19-15-30(16-20-32)28-11-7-4-8-12-28/h2-24H,1,25-26H2. The van der Waals surface area contributed by atoms with Gasteiger partial charge in [-0.05, 0) is 70.8 Å². The van der Waals surface area contributed by atoms with Crippen LogP contribution in [-0.2, 0) is 4.74 Å². The SMILES string of the molecule is C=COCCOc1ccc(N(c2ccc(-c3ccccc3)cc2)c2ccc(-c3ccccc3)cc2)cc1. The summed E-state index contributed by atoms with van der Waals surface area (Å²) < 4.78 is 10.9. The third-order valence-electron chi connectivity index (χ3n) is 6.15. The number of ether oxygens (including phenoxy) is 2. The Morgan fingerprint density at radius 2 is 0.892 bits per heavy atom. The van der Waals surface area contributed by atoms with Crippen molar-refractivity contribution in [1.29, 1.82) is 0 Å². The number of rotatable bonds is 10. The lowest BCUT2D eigenvalue weighted by Gasteiger charge is -2.26. The summed E-state index contributed by atoms with van der Waals surface area (Å²) in [6, 6.07) is 46.4. The van der Waals surface area contributed by atoms with Gasteiger partial charge < -0.3 is 14.4 Å². The zero-order valence-corrected chi connectivity index (χ0v) is 20.7. The van der Waals surface area contributed by atoms with Crippen molar-refractivity contribution >= 4 is 17.1 Å². The quantitative estimate of drug-likeness (QED) is 0.146. The van der Waals surface area contributed by atoms with Gasteiger partial charge in [0, 0.05) is 17.1 Å². The smallest absolute Gasteiger partial charge is 0.122 e. The largest absolute Gasteiger partial charge is 0.498 e. The summed E-state index contributed by atoms with van der Waals surface area (Å²) >= 11 is 0. The summed E-state index contributed by atoms with van der Waals surface area (Å²) in [5, 5.41) is 0. The number of anilines is 3. The van der Waals surface area contributed by atoms with Gasteiger partial charge in [-0.1, -0.05) is 91.5 Å². The summed E-state index contributed by atoms with van der Waals surface area (Å²) in [6.07, 6.45) is 1.43. The molecule has 0 heterocycles. The Balaban J connectivity index is 1.46. The van der Waals surface area contributed by atoms with Gasteiger partial charge in [0.25, 0.3) is 0 Å². The zero-order chi connectivity index (χ0) is 25.3. The van der Waals surface area contributed by atoms with Crippen molar-refractivity contribution in [2.45, 2.75) is 0 Å². The van der Waals surface area contributed by atoms with Gasteiger partial charge in [0.05, 0.1) is 6.26 Å². The predicted octanol–water partition coefficient (Wildman–Crippen LogP) is 9.03. The van der Waals surface area contributed by atoms with Crippen LogP contribution in [0.25, 0.3) is 22.3 Å². The Kier molecular flexibility index (Phi) is 7.63. The first-order chi connectivity index (χ1) is 18.3. The molecule has 0 atom stereocenters. The minimum Gasteiger partial charge on any atom is -0.498 e. The van der Waals surface area contributed by atoms with Gasteiger partial charge in [-0.25, -0.2) is 0 Å². The molecule has 5 aromatic carbocycles. The van der Waals surface area contributed by atoms with E-state index in [2.05, 4.69) is 121 Å². The highest BCUT2D eigenvalue weighted by Gasteiger charge is 2.13. The van der Waals surface area contributed by atoms with Crippen LogP contribution in [0.2, 0.25) is 0 Å². The average Bonchev–Trinajstić information content (AvgIpc) is 2.98. The van der Waals surface area contributed by atoms with E-state index in [-0.39, 0.29) is 0 Å². The molecule has 0 saturated heterocycles. The average molecular weight is 484 g/mol. The molecule has 0 spiro atoms. The van der Waals surface area contributed by atoms with Crippen LogP contribution in [-0.4, -0.2) is 13.2 Å². The summed E-state index contributed by atoms with van der Waals surface area (Å²) in [7, 11) is 0. The van der Waals surface area contributed by atoms with Crippen LogP contribution in [0, 0.1) is 0 Å². The van der Waals surface area contributed by atoms with E-state index in [1.165, 1.54) is 28.5 Å². The summed E-state index contributed by atoms with van der Waals surface area (Å²) in [6.45, 7) is 4.50. The Morgan fingerprint density at radius 1 is 0.486 bits per heavy atom. The van der Waals surface area contributed by atoms with Crippen LogP contribution in [0.5, 0.6) is 5.75 Å². The van der Waals surface area contributed by atoms with Gasteiger partial charge in [0.2, 0.25) is 0 Å². The van der Waals surface area contributed by atoms with Crippen LogP contribution < -0.4 is 9.64 Å². The maximum absolute atomic E-state index is 5.79. The number of hydrogen-bond acceptors (Lipinski definition) is 3. The van der Waals surface area contributed by atoms with Gasteiger partial charge in [-0.15, -0.1) is 0 Å². The first-order valence-electron chi connectivity index (χ1n) is 12.4. The summed E-state index contributed by atoms with van der Waals surface area (Å²) in [5.41, 5.74) is 8.00. The van der Waals surface area contributed by atoms with E-state index < -0.39 is 0 Å². The second-order valence-corrected chi connectivity index (χ2v) is 8.54. The van der Waals surface area contributed by atoms with Crippen molar-refractivity contribution < 1.29 is 9.47 Å². The van der Waals surface area contributed by atoms with Crippen molar-refractivity contribution in [3.8, 4) is 28.0 Å². The Bertz CT molecular complexity index is 1310. The molecule has 0 aromatic heterocycles. The third-order valence-corrected chi connectivity index (χ3v) is 6.15. The van der Waals surface area contributed by atoms with E-state index in [9.17, 15) is 0 Å². The molecule has 0 fully saturated rings. The molecule has 3 nitrogen and oxygen atoms in total. The summed E-state index contributed by atoms with van der Waals surface area (Å²) in [4.78, 5) is 2.26. The van der Waals surface area contributed by atoms with Crippen molar-refractivity contribution in [3.05, 3.63) is 146 Å². The number of hydrogen-bond donors (Lipinski definition) is 0. The van der Waals surface area contributed by atoms with Crippen LogP contribution >= 0.6 is 0 Å². The van der Waals surface area contributed by atoms with Gasteiger partial charge in [-0.3, -0.25) is 0 Å². The normalized spacial score (nSPS) is 10.5. The van der Waals surface area contributed by atoms with Crippen molar-refractivity contribution in [2.24, 2.45) is 0 Å². The second-order valence-electron chi connectivity index (χ2n) is 8.54. The maximum atomic E-state index is 5.79. The minimum atomic E-state index is 0.469. The molecule has 5 aromatic rings. The highest BCUT2D eigenvalue weighted by atomic mass is 16.5. The van der Waals surface area contributed by atoms with Crippen molar-refractivity contribution in [2.75, 3.05) is 18.1 Å². The van der Waals surface area contributed by atoms with Crippen molar-refractivity contribution in [3.63, 3.8) is 0 Å². The maximum Gasteiger partial charge on any atom is 0.122 e. The Labute approximate surface area is 218 Å². The highest BCUT2D eigenvalue weighted by Crippen LogP contribution is 2.37. The monoisotopic (exact) mass is 483 g/mol. The molecule has 0 N–H and O–H groups in total. The lowest BCUT2D eigenvalue weighted by Crippen LogP contribution is -2.10. The van der Waals surface area contributed by atoms with Crippen LogP contribution in [0.1, 0.15) is 0 Å². The molecule has 182 valence electrons. The molecular formula is C34H29NO2. The predicted molar refractivity (Wildman–Crippen MR) is 154 cm³/mol. The van der Waals surface area contributed by atoms with E-state index in [0.717, 1.165) is 22.8 Å². The number of nitrogens with zero attached hydrogens (tertiary/aromatic N) is 1. The first kappa shape index (κ1) is 24.0. The lowest BCUT2D eigenvalue weighted by molar-refractivity contribution is 0.179. The minimum absolute atomic E-state index is 0.469. The molecule has 0 bridgehead atoms. The summed E-state index contributed by atoms with van der Waals surface area (Å²) in [5.74, 6) is 0.801. The zero-order valence-electron chi connectivity index (χ0n) is 20.7. The van der Waals surface area contributed by atoms with E-state index in [1.807, 2.05) is 24.3 Å². The molecular weight excluding hydrogens is 454 g/mol. The Hall–Kier alpha value is -4.76. The number of benzene rings is 5. The molecule has 0 aliphatic rings. The molecule has 0 radical (unpaired) electrons. The van der Waals surface area contributed by atoms with E-state index in [4.69, 9.17) is 9.47 Å². The van der Waals surface area contributed by atoms with E-state index >= 15 is 0 Å². The van der Waals surface area contributed by atoms with Gasteiger partial charge in [-0.2, -0.15) is 0 Å². The fraction of sp³-hybridized carbons (Fsp3) is 0.0588. The fourth-order valence-corrected chi connectivity index (χ4v) is 4.30. The van der Waals surface area contributed by atoms with E-state index in [1.54, 1.807) is 0 Å². The highest BCUT2D eigenvalue weighted by molar-refractivity contribution is 5.80. The molecule has 37 heavy (non-hydrogen) atoms. The van der Waals surface area contributed by atoms with Gasteiger partial charge >= 0.3 is 0 Å². The molecule has 3 heteroatoms. The molecule has 0 aliphatic heterocycles. The van der Waals surface area contributed by atoms with Crippen LogP contribution in [0.15, 0.2) is 146 Å². The Morgan fingerprint density at radius 3 is 1.32 bits per heavy atom. The molecule has 0 aliphatic carbocycles. The van der Waals surface area contributed by atoms with Crippen molar-refractivity contribution in [1.82, 2.24) is 0 Å².